The van der Waals surface area contributed by atoms with Crippen LogP contribution in [0.4, 0.5) is 0 Å². The van der Waals surface area contributed by atoms with Crippen molar-refractivity contribution in [3.05, 3.63) is 45.3 Å². The van der Waals surface area contributed by atoms with Crippen LogP contribution in [0, 0.1) is 10.5 Å². The van der Waals surface area contributed by atoms with Gasteiger partial charge in [0.1, 0.15) is 0 Å². The lowest BCUT2D eigenvalue weighted by Gasteiger charge is -2.03. The van der Waals surface area contributed by atoms with Gasteiger partial charge < -0.3 is 5.11 Å². The third kappa shape index (κ3) is 2.08. The number of hydrogen-bond donors (Lipinski definition) is 1. The molecule has 2 rings (SSSR count). The highest BCUT2D eigenvalue weighted by atomic mass is 127. The van der Waals surface area contributed by atoms with Gasteiger partial charge in [0.05, 0.1) is 5.69 Å². The number of aryl methyl sites for hydroxylation is 1. The molecule has 82 valence electrons. The molecule has 0 radical (unpaired) electrons. The fourth-order valence-corrected chi connectivity index (χ4v) is 1.97. The molecule has 16 heavy (non-hydrogen) atoms. The molecule has 1 heterocycles. The van der Waals surface area contributed by atoms with E-state index in [0.29, 0.717) is 0 Å². The molecule has 5 heteroatoms. The predicted molar refractivity (Wildman–Crippen MR) is 68.0 cm³/mol. The maximum Gasteiger partial charge on any atom is 0.356 e. The number of carbonyl (C=O) groups is 1. The maximum absolute atomic E-state index is 10.8. The second-order valence-corrected chi connectivity index (χ2v) is 4.61. The molecule has 0 bridgehead atoms. The first-order chi connectivity index (χ1) is 7.58. The van der Waals surface area contributed by atoms with Crippen LogP contribution in [0.3, 0.4) is 0 Å². The van der Waals surface area contributed by atoms with E-state index in [0.717, 1.165) is 15.0 Å². The topological polar surface area (TPSA) is 55.1 Å². The minimum atomic E-state index is -1.01. The van der Waals surface area contributed by atoms with E-state index in [4.69, 9.17) is 5.11 Å². The summed E-state index contributed by atoms with van der Waals surface area (Å²) >= 11 is 2.21. The molecule has 0 aliphatic rings. The Morgan fingerprint density at radius 3 is 2.75 bits per heavy atom. The molecule has 0 aliphatic heterocycles. The van der Waals surface area contributed by atoms with E-state index in [-0.39, 0.29) is 5.69 Å². The monoisotopic (exact) mass is 328 g/mol. The highest BCUT2D eigenvalue weighted by Crippen LogP contribution is 2.15. The van der Waals surface area contributed by atoms with Crippen molar-refractivity contribution in [3.8, 4) is 5.69 Å². The molecule has 0 aliphatic carbocycles. The predicted octanol–water partition coefficient (Wildman–Crippen LogP) is 2.48. The van der Waals surface area contributed by atoms with E-state index < -0.39 is 5.97 Å². The maximum atomic E-state index is 10.8. The van der Waals surface area contributed by atoms with Crippen LogP contribution in [-0.2, 0) is 0 Å². The third-order valence-corrected chi connectivity index (χ3v) is 2.83. The summed E-state index contributed by atoms with van der Waals surface area (Å²) in [5.74, 6) is -1.01. The Labute approximate surface area is 106 Å². The Kier molecular flexibility index (Phi) is 2.95. The molecule has 1 aromatic heterocycles. The van der Waals surface area contributed by atoms with Gasteiger partial charge >= 0.3 is 5.97 Å². The van der Waals surface area contributed by atoms with Gasteiger partial charge in [-0.25, -0.2) is 9.48 Å². The van der Waals surface area contributed by atoms with Crippen LogP contribution in [0.25, 0.3) is 5.69 Å². The molecule has 0 spiro atoms. The Morgan fingerprint density at radius 1 is 1.44 bits per heavy atom. The van der Waals surface area contributed by atoms with Crippen LogP contribution < -0.4 is 0 Å². The summed E-state index contributed by atoms with van der Waals surface area (Å²) in [6.45, 7) is 1.83. The van der Waals surface area contributed by atoms with Gasteiger partial charge in [-0.3, -0.25) is 0 Å². The lowest BCUT2D eigenvalue weighted by atomic mass is 10.3. The highest BCUT2D eigenvalue weighted by molar-refractivity contribution is 14.1. The van der Waals surface area contributed by atoms with Crippen molar-refractivity contribution in [3.63, 3.8) is 0 Å². The zero-order valence-corrected chi connectivity index (χ0v) is 10.7. The van der Waals surface area contributed by atoms with E-state index in [1.165, 1.54) is 0 Å². The van der Waals surface area contributed by atoms with Gasteiger partial charge in [-0.1, -0.05) is 6.07 Å². The smallest absolute Gasteiger partial charge is 0.356 e. The second-order valence-electron chi connectivity index (χ2n) is 3.37. The van der Waals surface area contributed by atoms with E-state index in [2.05, 4.69) is 27.7 Å². The molecular formula is C11H9IN2O2. The lowest BCUT2D eigenvalue weighted by Crippen LogP contribution is -2.02. The first-order valence-corrected chi connectivity index (χ1v) is 5.72. The number of halogens is 1. The van der Waals surface area contributed by atoms with Gasteiger partial charge in [-0.15, -0.1) is 0 Å². The third-order valence-electron chi connectivity index (χ3n) is 2.16. The second kappa shape index (κ2) is 4.25. The molecule has 0 saturated heterocycles. The van der Waals surface area contributed by atoms with Crippen molar-refractivity contribution in [2.24, 2.45) is 0 Å². The number of carboxylic acids is 1. The fourth-order valence-electron chi connectivity index (χ4n) is 1.45. The first-order valence-electron chi connectivity index (χ1n) is 4.64. The zero-order chi connectivity index (χ0) is 11.7. The van der Waals surface area contributed by atoms with Crippen LogP contribution in [0.15, 0.2) is 30.3 Å². The molecular weight excluding hydrogens is 319 g/mol. The zero-order valence-electron chi connectivity index (χ0n) is 8.51. The van der Waals surface area contributed by atoms with Crippen molar-refractivity contribution < 1.29 is 9.90 Å². The Bertz CT molecular complexity index is 549. The molecule has 0 unspecified atom stereocenters. The van der Waals surface area contributed by atoms with Gasteiger partial charge in [-0.2, -0.15) is 5.10 Å². The van der Waals surface area contributed by atoms with Crippen LogP contribution >= 0.6 is 22.6 Å². The van der Waals surface area contributed by atoms with Gasteiger partial charge in [0.25, 0.3) is 0 Å². The first kappa shape index (κ1) is 11.1. The van der Waals surface area contributed by atoms with E-state index in [1.807, 2.05) is 31.2 Å². The van der Waals surface area contributed by atoms with Gasteiger partial charge in [-0.05, 0) is 53.8 Å². The normalized spacial score (nSPS) is 10.4. The average Bonchev–Trinajstić information content (AvgIpc) is 2.60. The molecule has 0 amide bonds. The average molecular weight is 328 g/mol. The van der Waals surface area contributed by atoms with Gasteiger partial charge in [0, 0.05) is 9.26 Å². The van der Waals surface area contributed by atoms with E-state index >= 15 is 0 Å². The molecule has 1 N–H and O–H groups in total. The quantitative estimate of drug-likeness (QED) is 0.862. The summed E-state index contributed by atoms with van der Waals surface area (Å²) in [5.41, 5.74) is 1.74. The van der Waals surface area contributed by atoms with Crippen molar-refractivity contribution in [2.75, 3.05) is 0 Å². The number of carboxylic acid groups (broad SMARTS) is 1. The summed E-state index contributed by atoms with van der Waals surface area (Å²) in [7, 11) is 0. The number of benzene rings is 1. The summed E-state index contributed by atoms with van der Waals surface area (Å²) in [6.07, 6.45) is 0. The van der Waals surface area contributed by atoms with E-state index in [1.54, 1.807) is 10.7 Å². The van der Waals surface area contributed by atoms with Crippen molar-refractivity contribution >= 4 is 28.6 Å². The Morgan fingerprint density at radius 2 is 2.19 bits per heavy atom. The standard InChI is InChI=1S/C11H9IN2O2/c1-7-5-10(11(15)16)13-14(7)9-4-2-3-8(12)6-9/h2-6H,1H3,(H,15,16). The van der Waals surface area contributed by atoms with Gasteiger partial charge in [0.15, 0.2) is 5.69 Å². The van der Waals surface area contributed by atoms with Crippen LogP contribution in [0.1, 0.15) is 16.2 Å². The number of aromatic carboxylic acids is 1. The number of aromatic nitrogens is 2. The van der Waals surface area contributed by atoms with Crippen LogP contribution in [-0.4, -0.2) is 20.9 Å². The Hall–Kier alpha value is -1.37. The number of hydrogen-bond acceptors (Lipinski definition) is 2. The lowest BCUT2D eigenvalue weighted by molar-refractivity contribution is 0.0690. The van der Waals surface area contributed by atoms with Crippen LogP contribution in [0.5, 0.6) is 0 Å². The SMILES string of the molecule is Cc1cc(C(=O)O)nn1-c1cccc(I)c1. The summed E-state index contributed by atoms with van der Waals surface area (Å²) in [4.78, 5) is 10.8. The number of rotatable bonds is 2. The fraction of sp³-hybridized carbons (Fsp3) is 0.0909. The van der Waals surface area contributed by atoms with Crippen LogP contribution in [0.2, 0.25) is 0 Å². The molecule has 2 aromatic rings. The van der Waals surface area contributed by atoms with Gasteiger partial charge in [0.2, 0.25) is 0 Å². The van der Waals surface area contributed by atoms with Crippen molar-refractivity contribution in [2.45, 2.75) is 6.92 Å². The molecule has 0 fully saturated rings. The minimum Gasteiger partial charge on any atom is -0.476 e. The largest absolute Gasteiger partial charge is 0.476 e. The molecule has 0 atom stereocenters. The molecule has 1 aromatic carbocycles. The summed E-state index contributed by atoms with van der Waals surface area (Å²) in [6, 6.07) is 9.29. The highest BCUT2D eigenvalue weighted by Gasteiger charge is 2.11. The van der Waals surface area contributed by atoms with E-state index in [9.17, 15) is 4.79 Å². The minimum absolute atomic E-state index is 0.0661. The number of nitrogens with zero attached hydrogens (tertiary/aromatic N) is 2. The molecule has 4 nitrogen and oxygen atoms in total. The molecule has 0 saturated carbocycles. The summed E-state index contributed by atoms with van der Waals surface area (Å²) in [5, 5.41) is 12.9. The van der Waals surface area contributed by atoms with Crippen molar-refractivity contribution in [1.29, 1.82) is 0 Å². The Balaban J connectivity index is 2.52. The van der Waals surface area contributed by atoms with Crippen molar-refractivity contribution in [1.82, 2.24) is 9.78 Å². The summed E-state index contributed by atoms with van der Waals surface area (Å²) < 4.78 is 2.72.